The number of rotatable bonds is 8. The van der Waals surface area contributed by atoms with Gasteiger partial charge < -0.3 is 20.1 Å². The zero-order valence-electron chi connectivity index (χ0n) is 19.8. The molecule has 0 aromatic heterocycles. The zero-order valence-corrected chi connectivity index (χ0v) is 19.8. The summed E-state index contributed by atoms with van der Waals surface area (Å²) in [5, 5.41) is 13.9. The first-order valence-electron chi connectivity index (χ1n) is 11.2. The van der Waals surface area contributed by atoms with E-state index < -0.39 is 47.3 Å². The number of hydrogen-bond donors (Lipinski definition) is 3. The Hall–Kier alpha value is -3.96. The predicted octanol–water partition coefficient (Wildman–Crippen LogP) is 0.894. The van der Waals surface area contributed by atoms with Crippen molar-refractivity contribution in [3.05, 3.63) is 29.3 Å². The Morgan fingerprint density at radius 3 is 2.51 bits per heavy atom. The van der Waals surface area contributed by atoms with Gasteiger partial charge in [-0.1, -0.05) is 6.07 Å². The van der Waals surface area contributed by atoms with Crippen LogP contribution in [-0.2, 0) is 19.1 Å². The van der Waals surface area contributed by atoms with Gasteiger partial charge in [0.1, 0.15) is 11.6 Å². The van der Waals surface area contributed by atoms with E-state index in [9.17, 15) is 33.9 Å². The number of benzene rings is 1. The number of nitrogens with one attached hydrogen (secondary N) is 2. The average Bonchev–Trinajstić information content (AvgIpc) is 3.00. The zero-order chi connectivity index (χ0) is 25.9. The molecule has 1 fully saturated rings. The van der Waals surface area contributed by atoms with Gasteiger partial charge in [-0.05, 0) is 39.3 Å². The minimum atomic E-state index is -1.12. The molecule has 0 aliphatic carbocycles. The lowest BCUT2D eigenvalue weighted by Crippen LogP contribution is -2.54. The summed E-state index contributed by atoms with van der Waals surface area (Å²) >= 11 is 0. The first-order chi connectivity index (χ1) is 16.4. The number of piperidine rings is 1. The van der Waals surface area contributed by atoms with E-state index in [0.717, 1.165) is 4.90 Å². The number of amides is 5. The maximum atomic E-state index is 13.3. The Bertz CT molecular complexity index is 1080. The molecule has 35 heavy (non-hydrogen) atoms. The molecule has 2 heterocycles. The summed E-state index contributed by atoms with van der Waals surface area (Å²) in [5.74, 6) is -3.61. The molecular weight excluding hydrogens is 460 g/mol. The molecule has 3 N–H and O–H groups in total. The largest absolute Gasteiger partial charge is 0.481 e. The van der Waals surface area contributed by atoms with E-state index in [4.69, 9.17) is 4.74 Å². The molecule has 0 bridgehead atoms. The summed E-state index contributed by atoms with van der Waals surface area (Å²) in [5.41, 5.74) is -0.259. The van der Waals surface area contributed by atoms with E-state index in [1.54, 1.807) is 37.8 Å². The number of anilines is 1. The maximum Gasteiger partial charge on any atom is 0.407 e. The van der Waals surface area contributed by atoms with Gasteiger partial charge in [-0.25, -0.2) is 4.79 Å². The summed E-state index contributed by atoms with van der Waals surface area (Å²) in [6.07, 6.45) is -0.884. The Balaban J connectivity index is 1.84. The van der Waals surface area contributed by atoms with Gasteiger partial charge in [0.15, 0.2) is 0 Å². The molecule has 1 atom stereocenters. The van der Waals surface area contributed by atoms with Crippen LogP contribution in [0.4, 0.5) is 10.5 Å². The van der Waals surface area contributed by atoms with Crippen molar-refractivity contribution in [3.8, 4) is 0 Å². The number of ether oxygens (including phenoxy) is 1. The van der Waals surface area contributed by atoms with Crippen LogP contribution in [0.1, 0.15) is 60.7 Å². The fourth-order valence-electron chi connectivity index (χ4n) is 3.95. The van der Waals surface area contributed by atoms with Crippen LogP contribution >= 0.6 is 0 Å². The second-order valence-corrected chi connectivity index (χ2v) is 9.21. The monoisotopic (exact) mass is 488 g/mol. The van der Waals surface area contributed by atoms with Gasteiger partial charge in [0.25, 0.3) is 11.8 Å². The number of carbonyl (C=O) groups excluding carboxylic acids is 5. The quantitative estimate of drug-likeness (QED) is 0.451. The van der Waals surface area contributed by atoms with Crippen LogP contribution < -0.4 is 15.5 Å². The van der Waals surface area contributed by atoms with Crippen molar-refractivity contribution in [2.45, 2.75) is 51.7 Å². The Morgan fingerprint density at radius 1 is 1.17 bits per heavy atom. The molecule has 188 valence electrons. The number of nitrogens with zero attached hydrogens (tertiary/aromatic N) is 2. The van der Waals surface area contributed by atoms with Gasteiger partial charge in [-0.3, -0.25) is 34.2 Å². The molecule has 0 saturated carbocycles. The minimum absolute atomic E-state index is 0.00166. The second-order valence-electron chi connectivity index (χ2n) is 9.21. The third kappa shape index (κ3) is 5.94. The van der Waals surface area contributed by atoms with Gasteiger partial charge in [0.2, 0.25) is 11.8 Å². The maximum absolute atomic E-state index is 13.3. The number of carboxylic acids is 1. The van der Waals surface area contributed by atoms with E-state index >= 15 is 0 Å². The SMILES string of the molecule is CC(C)(C)OC(=O)NCCN(CCC(=O)O)c1cccc2c1C(=O)N(C1CCC(=O)NC1=O)C2=O. The van der Waals surface area contributed by atoms with Crippen molar-refractivity contribution in [1.29, 1.82) is 0 Å². The molecule has 12 nitrogen and oxygen atoms in total. The van der Waals surface area contributed by atoms with Crippen LogP contribution in [-0.4, -0.2) is 77.0 Å². The highest BCUT2D eigenvalue weighted by molar-refractivity contribution is 6.25. The molecule has 3 rings (SSSR count). The van der Waals surface area contributed by atoms with Crippen LogP contribution in [0.5, 0.6) is 0 Å². The third-order valence-electron chi connectivity index (χ3n) is 5.43. The third-order valence-corrected chi connectivity index (χ3v) is 5.43. The second kappa shape index (κ2) is 10.1. The first kappa shape index (κ1) is 25.7. The highest BCUT2D eigenvalue weighted by Crippen LogP contribution is 2.34. The molecule has 2 aliphatic heterocycles. The summed E-state index contributed by atoms with van der Waals surface area (Å²) in [6.45, 7) is 5.36. The van der Waals surface area contributed by atoms with Crippen molar-refractivity contribution in [2.75, 3.05) is 24.5 Å². The normalized spacial score (nSPS) is 17.7. The van der Waals surface area contributed by atoms with Crippen molar-refractivity contribution in [3.63, 3.8) is 0 Å². The Labute approximate surface area is 201 Å². The summed E-state index contributed by atoms with van der Waals surface area (Å²) in [6, 6.07) is 3.48. The van der Waals surface area contributed by atoms with Crippen LogP contribution in [0, 0.1) is 0 Å². The molecule has 0 radical (unpaired) electrons. The predicted molar refractivity (Wildman–Crippen MR) is 122 cm³/mol. The van der Waals surface area contributed by atoms with Crippen molar-refractivity contribution >= 4 is 41.4 Å². The van der Waals surface area contributed by atoms with Gasteiger partial charge >= 0.3 is 12.1 Å². The van der Waals surface area contributed by atoms with Crippen LogP contribution in [0.25, 0.3) is 0 Å². The van der Waals surface area contributed by atoms with Crippen LogP contribution in [0.3, 0.4) is 0 Å². The van der Waals surface area contributed by atoms with E-state index in [2.05, 4.69) is 10.6 Å². The lowest BCUT2D eigenvalue weighted by atomic mass is 10.0. The van der Waals surface area contributed by atoms with Crippen LogP contribution in [0.15, 0.2) is 18.2 Å². The molecular formula is C23H28N4O8. The number of fused-ring (bicyclic) bond motifs is 1. The molecule has 5 amide bonds. The van der Waals surface area contributed by atoms with Gasteiger partial charge in [0, 0.05) is 26.1 Å². The average molecular weight is 488 g/mol. The van der Waals surface area contributed by atoms with Gasteiger partial charge in [-0.15, -0.1) is 0 Å². The molecule has 0 spiro atoms. The fraction of sp³-hybridized carbons (Fsp3) is 0.478. The Morgan fingerprint density at radius 2 is 1.89 bits per heavy atom. The molecule has 1 unspecified atom stereocenters. The smallest absolute Gasteiger partial charge is 0.407 e. The number of carbonyl (C=O) groups is 6. The van der Waals surface area contributed by atoms with E-state index in [1.165, 1.54) is 6.07 Å². The van der Waals surface area contributed by atoms with Crippen molar-refractivity contribution in [1.82, 2.24) is 15.5 Å². The Kier molecular flexibility index (Phi) is 7.42. The van der Waals surface area contributed by atoms with Crippen molar-refractivity contribution in [2.24, 2.45) is 0 Å². The van der Waals surface area contributed by atoms with Crippen LogP contribution in [0.2, 0.25) is 0 Å². The number of hydrogen-bond acceptors (Lipinski definition) is 8. The fourth-order valence-corrected chi connectivity index (χ4v) is 3.95. The molecule has 1 aromatic carbocycles. The lowest BCUT2D eigenvalue weighted by molar-refractivity contribution is -0.137. The first-order valence-corrected chi connectivity index (χ1v) is 11.2. The van der Waals surface area contributed by atoms with Gasteiger partial charge in [0.05, 0.1) is 23.2 Å². The molecule has 12 heteroatoms. The number of imide groups is 2. The molecule has 1 aromatic rings. The molecule has 1 saturated heterocycles. The topological polar surface area (TPSA) is 162 Å². The minimum Gasteiger partial charge on any atom is -0.481 e. The van der Waals surface area contributed by atoms with Crippen molar-refractivity contribution < 1.29 is 38.6 Å². The molecule has 2 aliphatic rings. The summed E-state index contributed by atoms with van der Waals surface area (Å²) in [4.78, 5) is 75.9. The van der Waals surface area contributed by atoms with E-state index in [-0.39, 0.29) is 50.0 Å². The number of aliphatic carboxylic acids is 1. The number of alkyl carbamates (subject to hydrolysis) is 1. The highest BCUT2D eigenvalue weighted by Gasteiger charge is 2.46. The lowest BCUT2D eigenvalue weighted by Gasteiger charge is -2.29. The van der Waals surface area contributed by atoms with Gasteiger partial charge in [-0.2, -0.15) is 0 Å². The highest BCUT2D eigenvalue weighted by atomic mass is 16.6. The van der Waals surface area contributed by atoms with E-state index in [0.29, 0.717) is 5.69 Å². The summed E-state index contributed by atoms with van der Waals surface area (Å²) in [7, 11) is 0. The number of carboxylic acid groups (broad SMARTS) is 1. The summed E-state index contributed by atoms with van der Waals surface area (Å²) < 4.78 is 5.20. The standard InChI is InChI=1S/C23H28N4O8/c1-23(2,3)35-22(34)24-10-12-26(11-9-17(29)30)14-6-4-5-13-18(14)21(33)27(20(13)32)15-7-8-16(28)25-19(15)31/h4-6,15H,7-12H2,1-3H3,(H,24,34)(H,29,30)(H,25,28,31). The van der Waals surface area contributed by atoms with E-state index in [1.807, 2.05) is 0 Å².